The molecular formula is C21H35N3O2. The van der Waals surface area contributed by atoms with E-state index in [-0.39, 0.29) is 5.91 Å². The van der Waals surface area contributed by atoms with Crippen LogP contribution in [0.15, 0.2) is 24.3 Å². The van der Waals surface area contributed by atoms with Gasteiger partial charge in [-0.25, -0.2) is 0 Å². The van der Waals surface area contributed by atoms with Gasteiger partial charge in [-0.05, 0) is 76.1 Å². The largest absolute Gasteiger partial charge is 0.492 e. The van der Waals surface area contributed by atoms with Gasteiger partial charge in [-0.3, -0.25) is 4.79 Å². The number of likely N-dealkylation sites (tertiary alicyclic amines) is 1. The Morgan fingerprint density at radius 1 is 1.19 bits per heavy atom. The maximum Gasteiger partial charge on any atom is 0.253 e. The fourth-order valence-corrected chi connectivity index (χ4v) is 3.48. The van der Waals surface area contributed by atoms with Crippen molar-refractivity contribution in [3.8, 4) is 5.75 Å². The molecule has 0 unspecified atom stereocenters. The van der Waals surface area contributed by atoms with Crippen LogP contribution in [-0.4, -0.2) is 68.6 Å². The summed E-state index contributed by atoms with van der Waals surface area (Å²) in [6.07, 6.45) is 3.43. The van der Waals surface area contributed by atoms with E-state index in [1.54, 1.807) is 0 Å². The summed E-state index contributed by atoms with van der Waals surface area (Å²) >= 11 is 0. The number of hydrogen-bond acceptors (Lipinski definition) is 4. The first-order valence-electron chi connectivity index (χ1n) is 10.1. The molecule has 0 spiro atoms. The Morgan fingerprint density at radius 3 is 2.42 bits per heavy atom. The zero-order valence-corrected chi connectivity index (χ0v) is 16.7. The van der Waals surface area contributed by atoms with Crippen molar-refractivity contribution in [1.82, 2.24) is 15.1 Å². The first kappa shape index (κ1) is 20.7. The van der Waals surface area contributed by atoms with Crippen molar-refractivity contribution < 1.29 is 9.53 Å². The predicted molar refractivity (Wildman–Crippen MR) is 107 cm³/mol. The molecule has 0 aliphatic carbocycles. The van der Waals surface area contributed by atoms with Gasteiger partial charge in [0.05, 0.1) is 0 Å². The number of likely N-dealkylation sites (N-methyl/N-ethyl adjacent to an activating group) is 1. The summed E-state index contributed by atoms with van der Waals surface area (Å²) in [4.78, 5) is 17.0. The minimum absolute atomic E-state index is 0.145. The zero-order valence-electron chi connectivity index (χ0n) is 16.7. The quantitative estimate of drug-likeness (QED) is 0.696. The van der Waals surface area contributed by atoms with Gasteiger partial charge in [0.15, 0.2) is 0 Å². The van der Waals surface area contributed by atoms with Gasteiger partial charge in [0.25, 0.3) is 5.91 Å². The highest BCUT2D eigenvalue weighted by Crippen LogP contribution is 2.22. The van der Waals surface area contributed by atoms with Gasteiger partial charge in [-0.1, -0.05) is 13.8 Å². The number of hydrogen-bond donors (Lipinski definition) is 1. The van der Waals surface area contributed by atoms with Crippen LogP contribution < -0.4 is 10.1 Å². The number of ether oxygens (including phenoxy) is 1. The second-order valence-corrected chi connectivity index (χ2v) is 7.03. The SMILES string of the molecule is CCN(CC)CCOc1ccc(C(=O)N2CCC(CCNC)CC2)cc1. The molecule has 1 heterocycles. The van der Waals surface area contributed by atoms with Gasteiger partial charge >= 0.3 is 0 Å². The molecular weight excluding hydrogens is 326 g/mol. The predicted octanol–water partition coefficient (Wildman–Crippen LogP) is 2.87. The molecule has 1 amide bonds. The van der Waals surface area contributed by atoms with Gasteiger partial charge in [0, 0.05) is 25.2 Å². The standard InChI is InChI=1S/C21H35N3O2/c1-4-23(5-2)16-17-26-20-8-6-19(7-9-20)21(25)24-14-11-18(12-15-24)10-13-22-3/h6-9,18,22H,4-5,10-17H2,1-3H3. The van der Waals surface area contributed by atoms with E-state index in [9.17, 15) is 4.79 Å². The molecule has 26 heavy (non-hydrogen) atoms. The van der Waals surface area contributed by atoms with Crippen LogP contribution in [0.3, 0.4) is 0 Å². The van der Waals surface area contributed by atoms with Crippen LogP contribution in [0.2, 0.25) is 0 Å². The Labute approximate surface area is 158 Å². The van der Waals surface area contributed by atoms with Gasteiger partial charge in [-0.15, -0.1) is 0 Å². The van der Waals surface area contributed by atoms with Crippen molar-refractivity contribution in [2.24, 2.45) is 5.92 Å². The van der Waals surface area contributed by atoms with Crippen molar-refractivity contribution in [3.05, 3.63) is 29.8 Å². The molecule has 0 bridgehead atoms. The summed E-state index contributed by atoms with van der Waals surface area (Å²) < 4.78 is 5.80. The van der Waals surface area contributed by atoms with Gasteiger partial charge in [-0.2, -0.15) is 0 Å². The molecule has 1 N–H and O–H groups in total. The van der Waals surface area contributed by atoms with Crippen molar-refractivity contribution in [1.29, 1.82) is 0 Å². The lowest BCUT2D eigenvalue weighted by Gasteiger charge is -2.32. The normalized spacial score (nSPS) is 15.5. The van der Waals surface area contributed by atoms with Crippen molar-refractivity contribution in [3.63, 3.8) is 0 Å². The lowest BCUT2D eigenvalue weighted by molar-refractivity contribution is 0.0687. The summed E-state index contributed by atoms with van der Waals surface area (Å²) in [7, 11) is 2.00. The molecule has 1 aliphatic rings. The zero-order chi connectivity index (χ0) is 18.8. The third-order valence-electron chi connectivity index (χ3n) is 5.38. The van der Waals surface area contributed by atoms with Crippen LogP contribution in [0.25, 0.3) is 0 Å². The van der Waals surface area contributed by atoms with Crippen LogP contribution >= 0.6 is 0 Å². The van der Waals surface area contributed by atoms with Crippen molar-refractivity contribution in [2.75, 3.05) is 52.9 Å². The number of nitrogens with one attached hydrogen (secondary N) is 1. The van der Waals surface area contributed by atoms with Crippen LogP contribution in [0.5, 0.6) is 5.75 Å². The number of piperidine rings is 1. The fraction of sp³-hybridized carbons (Fsp3) is 0.667. The molecule has 5 nitrogen and oxygen atoms in total. The number of carbonyl (C=O) groups excluding carboxylic acids is 1. The summed E-state index contributed by atoms with van der Waals surface area (Å²) in [6.45, 7) is 10.8. The Balaban J connectivity index is 1.78. The number of amides is 1. The van der Waals surface area contributed by atoms with Gasteiger partial charge < -0.3 is 19.9 Å². The first-order chi connectivity index (χ1) is 12.7. The molecule has 2 rings (SSSR count). The average Bonchev–Trinajstić information content (AvgIpc) is 2.70. The number of nitrogens with zero attached hydrogens (tertiary/aromatic N) is 2. The number of benzene rings is 1. The highest BCUT2D eigenvalue weighted by Gasteiger charge is 2.23. The molecule has 0 radical (unpaired) electrons. The number of carbonyl (C=O) groups is 1. The third-order valence-corrected chi connectivity index (χ3v) is 5.38. The van der Waals surface area contributed by atoms with Crippen LogP contribution in [-0.2, 0) is 0 Å². The Hall–Kier alpha value is -1.59. The summed E-state index contributed by atoms with van der Waals surface area (Å²) in [5.41, 5.74) is 0.759. The minimum Gasteiger partial charge on any atom is -0.492 e. The van der Waals surface area contributed by atoms with E-state index in [4.69, 9.17) is 4.74 Å². The van der Waals surface area contributed by atoms with E-state index in [0.717, 1.165) is 69.3 Å². The third kappa shape index (κ3) is 6.29. The van der Waals surface area contributed by atoms with E-state index in [2.05, 4.69) is 24.1 Å². The van der Waals surface area contributed by atoms with E-state index < -0.39 is 0 Å². The van der Waals surface area contributed by atoms with E-state index >= 15 is 0 Å². The Morgan fingerprint density at radius 2 is 1.85 bits per heavy atom. The maximum atomic E-state index is 12.7. The molecule has 1 fully saturated rings. The molecule has 0 atom stereocenters. The van der Waals surface area contributed by atoms with Crippen LogP contribution in [0.4, 0.5) is 0 Å². The Kier molecular flexibility index (Phi) is 8.92. The fourth-order valence-electron chi connectivity index (χ4n) is 3.48. The first-order valence-corrected chi connectivity index (χ1v) is 10.1. The monoisotopic (exact) mass is 361 g/mol. The highest BCUT2D eigenvalue weighted by molar-refractivity contribution is 5.94. The second kappa shape index (κ2) is 11.2. The molecule has 0 aromatic heterocycles. The molecule has 1 aromatic rings. The summed E-state index contributed by atoms with van der Waals surface area (Å²) in [5.74, 6) is 1.72. The molecule has 1 saturated heterocycles. The van der Waals surface area contributed by atoms with Crippen molar-refractivity contribution >= 4 is 5.91 Å². The van der Waals surface area contributed by atoms with Crippen molar-refractivity contribution in [2.45, 2.75) is 33.1 Å². The van der Waals surface area contributed by atoms with E-state index in [0.29, 0.717) is 6.61 Å². The van der Waals surface area contributed by atoms with E-state index in [1.807, 2.05) is 36.2 Å². The Bertz CT molecular complexity index is 521. The van der Waals surface area contributed by atoms with E-state index in [1.165, 1.54) is 6.42 Å². The second-order valence-electron chi connectivity index (χ2n) is 7.03. The molecule has 0 saturated carbocycles. The van der Waals surface area contributed by atoms with Crippen LogP contribution in [0, 0.1) is 5.92 Å². The number of rotatable bonds is 10. The molecule has 146 valence electrons. The lowest BCUT2D eigenvalue weighted by Crippen LogP contribution is -2.38. The van der Waals surface area contributed by atoms with Crippen LogP contribution in [0.1, 0.15) is 43.5 Å². The van der Waals surface area contributed by atoms with Gasteiger partial charge in [0.1, 0.15) is 12.4 Å². The molecule has 5 heteroatoms. The summed E-state index contributed by atoms with van der Waals surface area (Å²) in [5, 5.41) is 3.21. The van der Waals surface area contributed by atoms with Gasteiger partial charge in [0.2, 0.25) is 0 Å². The summed E-state index contributed by atoms with van der Waals surface area (Å²) in [6, 6.07) is 7.61. The minimum atomic E-state index is 0.145. The highest BCUT2D eigenvalue weighted by atomic mass is 16.5. The topological polar surface area (TPSA) is 44.8 Å². The smallest absolute Gasteiger partial charge is 0.253 e. The molecule has 1 aromatic carbocycles. The lowest BCUT2D eigenvalue weighted by atomic mass is 9.93. The molecule has 1 aliphatic heterocycles. The average molecular weight is 362 g/mol. The maximum absolute atomic E-state index is 12.7.